The van der Waals surface area contributed by atoms with Gasteiger partial charge in [-0.25, -0.2) is 8.78 Å². The summed E-state index contributed by atoms with van der Waals surface area (Å²) in [4.78, 5) is 14.1. The van der Waals surface area contributed by atoms with Crippen molar-refractivity contribution in [1.82, 2.24) is 4.90 Å². The van der Waals surface area contributed by atoms with Crippen LogP contribution in [-0.2, 0) is 16.1 Å². The fraction of sp³-hybridized carbons (Fsp3) is 0.595. The van der Waals surface area contributed by atoms with Crippen LogP contribution >= 0.6 is 0 Å². The fourth-order valence-corrected chi connectivity index (χ4v) is 6.84. The number of hydrogen-bond donors (Lipinski definition) is 1. The number of ether oxygens (including phenoxy) is 2. The second-order valence-corrected chi connectivity index (χ2v) is 13.6. The molecule has 0 saturated heterocycles. The Labute approximate surface area is 261 Å². The molecule has 0 spiro atoms. The minimum Gasteiger partial charge on any atom is -0.493 e. The summed E-state index contributed by atoms with van der Waals surface area (Å²) in [6, 6.07) is 6.87. The second kappa shape index (κ2) is 14.6. The normalized spacial score (nSPS) is 23.4. The number of carboxylic acid groups (broad SMARTS) is 1. The zero-order valence-electron chi connectivity index (χ0n) is 26.7. The SMILES string of the molecule is CCCCOc1cc(CN2CCC(CC3CCCC(C)(C(=O)O)CC3)=CCOC2)cc(C2CC2)c1-c1cc(C)c(F)cc1F. The van der Waals surface area contributed by atoms with Gasteiger partial charge in [0.25, 0.3) is 0 Å². The summed E-state index contributed by atoms with van der Waals surface area (Å²) in [6.07, 6.45) is 12.7. The molecule has 2 fully saturated rings. The van der Waals surface area contributed by atoms with Gasteiger partial charge in [0.2, 0.25) is 0 Å². The predicted octanol–water partition coefficient (Wildman–Crippen LogP) is 9.16. The van der Waals surface area contributed by atoms with E-state index in [1.807, 2.05) is 6.92 Å². The number of halogens is 2. The lowest BCUT2D eigenvalue weighted by Crippen LogP contribution is -2.29. The van der Waals surface area contributed by atoms with E-state index in [-0.39, 0.29) is 0 Å². The van der Waals surface area contributed by atoms with Gasteiger partial charge >= 0.3 is 5.97 Å². The fourth-order valence-electron chi connectivity index (χ4n) is 6.84. The number of benzene rings is 2. The molecule has 1 heterocycles. The first-order chi connectivity index (χ1) is 21.2. The summed E-state index contributed by atoms with van der Waals surface area (Å²) in [6.45, 7) is 8.91. The summed E-state index contributed by atoms with van der Waals surface area (Å²) in [5.41, 5.74) is 4.62. The maximum absolute atomic E-state index is 15.3. The van der Waals surface area contributed by atoms with E-state index in [2.05, 4.69) is 30.0 Å². The Morgan fingerprint density at radius 3 is 2.68 bits per heavy atom. The highest BCUT2D eigenvalue weighted by atomic mass is 19.1. The van der Waals surface area contributed by atoms with Crippen LogP contribution in [0.1, 0.15) is 107 Å². The van der Waals surface area contributed by atoms with Gasteiger partial charge in [0, 0.05) is 30.3 Å². The van der Waals surface area contributed by atoms with E-state index in [9.17, 15) is 14.3 Å². The van der Waals surface area contributed by atoms with Crippen LogP contribution in [-0.4, -0.2) is 42.5 Å². The number of aliphatic carboxylic acids is 1. The highest BCUT2D eigenvalue weighted by molar-refractivity contribution is 5.77. The zero-order valence-corrected chi connectivity index (χ0v) is 26.7. The average molecular weight is 610 g/mol. The molecular formula is C37H49F2NO4. The number of hydrogen-bond acceptors (Lipinski definition) is 4. The Hall–Kier alpha value is -2.77. The van der Waals surface area contributed by atoms with Gasteiger partial charge in [-0.3, -0.25) is 9.69 Å². The molecule has 2 aliphatic carbocycles. The third-order valence-electron chi connectivity index (χ3n) is 9.91. The summed E-state index contributed by atoms with van der Waals surface area (Å²) in [7, 11) is 0. The third-order valence-corrected chi connectivity index (χ3v) is 9.91. The van der Waals surface area contributed by atoms with Gasteiger partial charge in [-0.1, -0.05) is 43.9 Å². The number of carboxylic acids is 1. The van der Waals surface area contributed by atoms with Crippen molar-refractivity contribution in [3.05, 3.63) is 64.2 Å². The molecule has 3 aliphatic rings. The van der Waals surface area contributed by atoms with Crippen LogP contribution in [0, 0.1) is 29.9 Å². The van der Waals surface area contributed by atoms with Crippen molar-refractivity contribution in [3.63, 3.8) is 0 Å². The molecule has 0 amide bonds. The molecule has 1 N–H and O–H groups in total. The molecule has 2 unspecified atom stereocenters. The molecule has 1 aliphatic heterocycles. The Morgan fingerprint density at radius 1 is 1.11 bits per heavy atom. The summed E-state index contributed by atoms with van der Waals surface area (Å²) < 4.78 is 41.9. The van der Waals surface area contributed by atoms with Crippen LogP contribution in [0.5, 0.6) is 5.75 Å². The second-order valence-electron chi connectivity index (χ2n) is 13.6. The van der Waals surface area contributed by atoms with E-state index >= 15 is 4.39 Å². The molecule has 0 bridgehead atoms. The summed E-state index contributed by atoms with van der Waals surface area (Å²) >= 11 is 0. The van der Waals surface area contributed by atoms with Crippen LogP contribution in [0.4, 0.5) is 8.78 Å². The van der Waals surface area contributed by atoms with E-state index in [0.717, 1.165) is 99.9 Å². The molecule has 2 aromatic carbocycles. The Bertz CT molecular complexity index is 1350. The molecule has 44 heavy (non-hydrogen) atoms. The van der Waals surface area contributed by atoms with Gasteiger partial charge < -0.3 is 14.6 Å². The van der Waals surface area contributed by atoms with Crippen molar-refractivity contribution < 1.29 is 28.2 Å². The molecule has 5 nitrogen and oxygen atoms in total. The molecule has 7 heteroatoms. The van der Waals surface area contributed by atoms with Crippen LogP contribution in [0.25, 0.3) is 11.1 Å². The van der Waals surface area contributed by atoms with E-state index in [1.54, 1.807) is 13.0 Å². The van der Waals surface area contributed by atoms with Crippen molar-refractivity contribution >= 4 is 5.97 Å². The first kappa shape index (κ1) is 32.6. The minimum atomic E-state index is -0.665. The maximum Gasteiger partial charge on any atom is 0.309 e. The summed E-state index contributed by atoms with van der Waals surface area (Å²) in [5.74, 6) is -0.209. The molecular weight excluding hydrogens is 560 g/mol. The monoisotopic (exact) mass is 609 g/mol. The van der Waals surface area contributed by atoms with Gasteiger partial charge in [0.1, 0.15) is 17.4 Å². The lowest BCUT2D eigenvalue weighted by atomic mass is 9.82. The molecule has 2 atom stereocenters. The molecule has 240 valence electrons. The lowest BCUT2D eigenvalue weighted by molar-refractivity contribution is -0.148. The Morgan fingerprint density at radius 2 is 1.93 bits per heavy atom. The molecule has 0 radical (unpaired) electrons. The number of aryl methyl sites for hydroxylation is 1. The van der Waals surface area contributed by atoms with E-state index in [0.29, 0.717) is 55.2 Å². The molecule has 2 aromatic rings. The number of carbonyl (C=O) groups is 1. The molecule has 0 aromatic heterocycles. The van der Waals surface area contributed by atoms with Crippen molar-refractivity contribution in [2.24, 2.45) is 11.3 Å². The van der Waals surface area contributed by atoms with Gasteiger partial charge in [0.05, 0.1) is 25.4 Å². The van der Waals surface area contributed by atoms with E-state index in [4.69, 9.17) is 9.47 Å². The highest BCUT2D eigenvalue weighted by Crippen LogP contribution is 2.49. The van der Waals surface area contributed by atoms with Gasteiger partial charge in [-0.05, 0) is 106 Å². The van der Waals surface area contributed by atoms with Crippen LogP contribution < -0.4 is 4.74 Å². The smallest absolute Gasteiger partial charge is 0.309 e. The van der Waals surface area contributed by atoms with Gasteiger partial charge in [-0.2, -0.15) is 0 Å². The van der Waals surface area contributed by atoms with E-state index < -0.39 is 23.0 Å². The number of rotatable bonds is 11. The topological polar surface area (TPSA) is 59.0 Å². The number of unbranched alkanes of at least 4 members (excludes halogenated alkanes) is 1. The molecule has 5 rings (SSSR count). The Balaban J connectivity index is 1.32. The van der Waals surface area contributed by atoms with Crippen LogP contribution in [0.3, 0.4) is 0 Å². The summed E-state index contributed by atoms with van der Waals surface area (Å²) in [5, 5.41) is 9.71. The van der Waals surface area contributed by atoms with Crippen molar-refractivity contribution in [2.75, 3.05) is 26.5 Å². The van der Waals surface area contributed by atoms with Gasteiger partial charge in [0.15, 0.2) is 0 Å². The van der Waals surface area contributed by atoms with Gasteiger partial charge in [-0.15, -0.1) is 0 Å². The zero-order chi connectivity index (χ0) is 31.3. The van der Waals surface area contributed by atoms with Crippen LogP contribution in [0.15, 0.2) is 35.9 Å². The first-order valence-electron chi connectivity index (χ1n) is 16.6. The van der Waals surface area contributed by atoms with Crippen LogP contribution in [0.2, 0.25) is 0 Å². The predicted molar refractivity (Wildman–Crippen MR) is 170 cm³/mol. The van der Waals surface area contributed by atoms with Crippen molar-refractivity contribution in [2.45, 2.75) is 104 Å². The first-order valence-corrected chi connectivity index (χ1v) is 16.6. The van der Waals surface area contributed by atoms with E-state index in [1.165, 1.54) is 5.57 Å². The Kier molecular flexibility index (Phi) is 10.8. The highest BCUT2D eigenvalue weighted by Gasteiger charge is 2.35. The standard InChI is InChI=1S/C37H49F2NO4/c1-4-5-16-44-34-21-28(20-30(29-8-9-29)35(34)31-18-25(2)32(38)22-33(31)39)23-40-15-11-27(12-17-43-24-40)19-26-7-6-13-37(3,14-10-26)36(41)42/h12,18,20-22,26,29H,4-11,13-17,19,23-24H2,1-3H3,(H,41,42). The lowest BCUT2D eigenvalue weighted by Gasteiger charge is -2.27. The number of nitrogens with zero attached hydrogens (tertiary/aromatic N) is 1. The van der Waals surface area contributed by atoms with Crippen molar-refractivity contribution in [1.29, 1.82) is 0 Å². The van der Waals surface area contributed by atoms with Crippen molar-refractivity contribution in [3.8, 4) is 16.9 Å². The molecule has 2 saturated carbocycles. The average Bonchev–Trinajstić information content (AvgIpc) is 3.83. The maximum atomic E-state index is 15.3. The quantitative estimate of drug-likeness (QED) is 0.156. The third kappa shape index (κ3) is 8.08. The largest absolute Gasteiger partial charge is 0.493 e. The minimum absolute atomic E-state index is 0.351.